The number of halogens is 1. The Hall–Kier alpha value is -3.05. The number of carboxylic acid groups (broad SMARTS) is 1. The molecule has 146 valence electrons. The van der Waals surface area contributed by atoms with Crippen LogP contribution in [0.3, 0.4) is 0 Å². The Balaban J connectivity index is 1.77. The van der Waals surface area contributed by atoms with Crippen molar-refractivity contribution >= 4 is 23.8 Å². The van der Waals surface area contributed by atoms with Crippen LogP contribution in [0.15, 0.2) is 48.5 Å². The Kier molecular flexibility index (Phi) is 8.31. The Labute approximate surface area is 166 Å². The molecule has 1 atom stereocenters. The predicted octanol–water partition coefficient (Wildman–Crippen LogP) is 3.70. The van der Waals surface area contributed by atoms with E-state index in [9.17, 15) is 19.1 Å². The van der Waals surface area contributed by atoms with Crippen molar-refractivity contribution in [3.63, 3.8) is 0 Å². The van der Waals surface area contributed by atoms with Crippen molar-refractivity contribution in [2.45, 2.75) is 24.8 Å². The van der Waals surface area contributed by atoms with E-state index in [1.165, 1.54) is 30.0 Å². The summed E-state index contributed by atoms with van der Waals surface area (Å²) in [5.74, 6) is -0.766. The van der Waals surface area contributed by atoms with Gasteiger partial charge in [-0.3, -0.25) is 0 Å². The van der Waals surface area contributed by atoms with Gasteiger partial charge in [0.2, 0.25) is 0 Å². The molecule has 0 saturated heterocycles. The topological polar surface area (TPSA) is 99.4 Å². The molecule has 0 aromatic heterocycles. The Morgan fingerprint density at radius 2 is 2.00 bits per heavy atom. The second-order valence-corrected chi connectivity index (χ2v) is 6.96. The lowest BCUT2D eigenvalue weighted by Crippen LogP contribution is -2.41. The molecule has 28 heavy (non-hydrogen) atoms. The first kappa shape index (κ1) is 21.3. The van der Waals surface area contributed by atoms with Gasteiger partial charge in [-0.15, -0.1) is 0 Å². The minimum Gasteiger partial charge on any atom is -0.480 e. The second kappa shape index (κ2) is 10.9. The maximum Gasteiger partial charge on any atom is 0.408 e. The highest BCUT2D eigenvalue weighted by molar-refractivity contribution is 7.98. The van der Waals surface area contributed by atoms with Gasteiger partial charge >= 0.3 is 12.1 Å². The van der Waals surface area contributed by atoms with Gasteiger partial charge < -0.3 is 15.2 Å². The van der Waals surface area contributed by atoms with Crippen LogP contribution in [0.2, 0.25) is 0 Å². The molecule has 0 aliphatic carbocycles. The molecule has 6 nitrogen and oxygen atoms in total. The van der Waals surface area contributed by atoms with Crippen LogP contribution in [0, 0.1) is 17.1 Å². The number of hydrogen-bond donors (Lipinski definition) is 2. The number of carbonyl (C=O) groups is 2. The first-order valence-corrected chi connectivity index (χ1v) is 9.61. The maximum absolute atomic E-state index is 13.1. The van der Waals surface area contributed by atoms with E-state index in [1.54, 1.807) is 12.1 Å². The lowest BCUT2D eigenvalue weighted by Gasteiger charge is -2.14. The van der Waals surface area contributed by atoms with Gasteiger partial charge in [-0.25, -0.2) is 14.0 Å². The Morgan fingerprint density at radius 3 is 2.68 bits per heavy atom. The fraction of sp³-hybridized carbons (Fsp3) is 0.250. The number of hydrogen-bond acceptors (Lipinski definition) is 5. The molecular weight excluding hydrogens is 383 g/mol. The van der Waals surface area contributed by atoms with Crippen molar-refractivity contribution in [3.8, 4) is 6.07 Å². The van der Waals surface area contributed by atoms with Crippen LogP contribution in [0.1, 0.15) is 23.1 Å². The summed E-state index contributed by atoms with van der Waals surface area (Å²) in [7, 11) is 0. The molecular formula is C20H19FN2O4S. The number of benzene rings is 2. The summed E-state index contributed by atoms with van der Waals surface area (Å²) in [4.78, 5) is 23.2. The summed E-state index contributed by atoms with van der Waals surface area (Å²) >= 11 is 1.40. The van der Waals surface area contributed by atoms with Crippen LogP contribution in [-0.2, 0) is 21.9 Å². The summed E-state index contributed by atoms with van der Waals surface area (Å²) in [6.07, 6.45) is -0.615. The standard InChI is InChI=1S/C20H19FN2O4S/c21-17-7-6-15(16(10-17)11-22)13-28-9-8-18(19(24)25)23-20(26)27-12-14-4-2-1-3-5-14/h1-7,10,18H,8-9,12-13H2,(H,23,26)(H,24,25). The Morgan fingerprint density at radius 1 is 1.25 bits per heavy atom. The van der Waals surface area contributed by atoms with Gasteiger partial charge in [0.05, 0.1) is 11.6 Å². The summed E-state index contributed by atoms with van der Waals surface area (Å²) < 4.78 is 18.2. The van der Waals surface area contributed by atoms with Crippen molar-refractivity contribution in [2.75, 3.05) is 5.75 Å². The first-order valence-electron chi connectivity index (χ1n) is 8.46. The van der Waals surface area contributed by atoms with E-state index >= 15 is 0 Å². The molecule has 1 unspecified atom stereocenters. The normalized spacial score (nSPS) is 11.3. The molecule has 0 aliphatic rings. The highest BCUT2D eigenvalue weighted by Crippen LogP contribution is 2.18. The minimum atomic E-state index is -1.16. The average Bonchev–Trinajstić information content (AvgIpc) is 2.70. The van der Waals surface area contributed by atoms with Crippen LogP contribution in [0.25, 0.3) is 0 Å². The molecule has 0 fully saturated rings. The number of nitrogens with zero attached hydrogens (tertiary/aromatic N) is 1. The van der Waals surface area contributed by atoms with Gasteiger partial charge in [0.1, 0.15) is 18.5 Å². The van der Waals surface area contributed by atoms with Crippen molar-refractivity contribution in [2.24, 2.45) is 0 Å². The molecule has 2 aromatic rings. The third-order valence-electron chi connectivity index (χ3n) is 3.80. The number of aliphatic carboxylic acids is 1. The number of alkyl carbamates (subject to hydrolysis) is 1. The zero-order valence-electron chi connectivity index (χ0n) is 14.9. The van der Waals surface area contributed by atoms with E-state index < -0.39 is 23.9 Å². The molecule has 8 heteroatoms. The minimum absolute atomic E-state index is 0.0509. The molecule has 0 bridgehead atoms. The molecule has 0 saturated carbocycles. The van der Waals surface area contributed by atoms with Crippen molar-refractivity contribution in [1.82, 2.24) is 5.32 Å². The molecule has 0 spiro atoms. The number of rotatable bonds is 9. The molecule has 2 aromatic carbocycles. The van der Waals surface area contributed by atoms with Gasteiger partial charge in [-0.1, -0.05) is 36.4 Å². The van der Waals surface area contributed by atoms with Crippen LogP contribution in [0.5, 0.6) is 0 Å². The van der Waals surface area contributed by atoms with E-state index in [0.717, 1.165) is 5.56 Å². The fourth-order valence-electron chi connectivity index (χ4n) is 2.33. The van der Waals surface area contributed by atoms with E-state index in [1.807, 2.05) is 24.3 Å². The number of amides is 1. The van der Waals surface area contributed by atoms with Crippen molar-refractivity contribution < 1.29 is 23.8 Å². The van der Waals surface area contributed by atoms with Crippen LogP contribution in [-0.4, -0.2) is 29.0 Å². The lowest BCUT2D eigenvalue weighted by molar-refractivity contribution is -0.139. The molecule has 2 rings (SSSR count). The van der Waals surface area contributed by atoms with Crippen molar-refractivity contribution in [3.05, 3.63) is 71.0 Å². The molecule has 2 N–H and O–H groups in total. The summed E-state index contributed by atoms with van der Waals surface area (Å²) in [6.45, 7) is 0.0509. The predicted molar refractivity (Wildman–Crippen MR) is 103 cm³/mol. The van der Waals surface area contributed by atoms with Crippen LogP contribution < -0.4 is 5.32 Å². The highest BCUT2D eigenvalue weighted by atomic mass is 32.2. The molecule has 0 aliphatic heterocycles. The van der Waals surface area contributed by atoms with E-state index in [0.29, 0.717) is 17.1 Å². The quantitative estimate of drug-likeness (QED) is 0.621. The highest BCUT2D eigenvalue weighted by Gasteiger charge is 2.20. The van der Waals surface area contributed by atoms with Gasteiger partial charge in [0, 0.05) is 5.75 Å². The monoisotopic (exact) mass is 402 g/mol. The largest absolute Gasteiger partial charge is 0.480 e. The number of thioether (sulfide) groups is 1. The summed E-state index contributed by atoms with van der Waals surface area (Å²) in [6, 6.07) is 13.9. The molecule has 1 amide bonds. The summed E-state index contributed by atoms with van der Waals surface area (Å²) in [5, 5.41) is 20.6. The average molecular weight is 402 g/mol. The van der Waals surface area contributed by atoms with E-state index in [2.05, 4.69) is 5.32 Å². The maximum atomic E-state index is 13.1. The van der Waals surface area contributed by atoms with Crippen LogP contribution >= 0.6 is 11.8 Å². The third kappa shape index (κ3) is 6.93. The van der Waals surface area contributed by atoms with Crippen LogP contribution in [0.4, 0.5) is 9.18 Å². The SMILES string of the molecule is N#Cc1cc(F)ccc1CSCCC(NC(=O)OCc1ccccc1)C(=O)O. The smallest absolute Gasteiger partial charge is 0.408 e. The second-order valence-electron chi connectivity index (χ2n) is 5.85. The fourth-order valence-corrected chi connectivity index (χ4v) is 3.34. The third-order valence-corrected chi connectivity index (χ3v) is 4.84. The molecule has 0 heterocycles. The zero-order chi connectivity index (χ0) is 20.4. The van der Waals surface area contributed by atoms with Gasteiger partial charge in [-0.2, -0.15) is 17.0 Å². The van der Waals surface area contributed by atoms with Gasteiger partial charge in [0.25, 0.3) is 0 Å². The van der Waals surface area contributed by atoms with Gasteiger partial charge in [-0.05, 0) is 35.4 Å². The molecule has 0 radical (unpaired) electrons. The summed E-state index contributed by atoms with van der Waals surface area (Å²) in [5.41, 5.74) is 1.73. The zero-order valence-corrected chi connectivity index (χ0v) is 15.7. The number of ether oxygens (including phenoxy) is 1. The number of carboxylic acids is 1. The van der Waals surface area contributed by atoms with Gasteiger partial charge in [0.15, 0.2) is 0 Å². The van der Waals surface area contributed by atoms with Crippen molar-refractivity contribution in [1.29, 1.82) is 5.26 Å². The lowest BCUT2D eigenvalue weighted by atomic mass is 10.1. The number of nitriles is 1. The number of nitrogens with one attached hydrogen (secondary N) is 1. The first-order chi connectivity index (χ1) is 13.5. The van der Waals surface area contributed by atoms with E-state index in [4.69, 9.17) is 10.00 Å². The number of carbonyl (C=O) groups excluding carboxylic acids is 1. The van der Waals surface area contributed by atoms with E-state index in [-0.39, 0.29) is 18.6 Å². The Bertz CT molecular complexity index is 855.